The van der Waals surface area contributed by atoms with Crippen LogP contribution in [0.25, 0.3) is 0 Å². The number of piperazine rings is 1. The molecule has 2 rings (SSSR count). The van der Waals surface area contributed by atoms with Crippen LogP contribution in [0.4, 0.5) is 4.79 Å². The van der Waals surface area contributed by atoms with Crippen molar-refractivity contribution in [2.45, 2.75) is 51.3 Å². The molecule has 2 atom stereocenters. The predicted molar refractivity (Wildman–Crippen MR) is 125 cm³/mol. The standard InChI is InChI=1S/C24H31N3O9/c1-24(2,3)36-23(34)25-17(11-15-5-7-16(14-28)8-6-15)21(32)27-10-9-26(13-19(29)30)22(33)18(27)12-20(31)35-4/h5-8,14,17-18H,9-13H2,1-4H3,(H,25,34)(H,29,30)/t17-,18-/m0/s1. The number of aliphatic carboxylic acids is 1. The number of nitrogens with one attached hydrogen (secondary N) is 1. The quantitative estimate of drug-likeness (QED) is 0.362. The maximum Gasteiger partial charge on any atom is 0.408 e. The highest BCUT2D eigenvalue weighted by atomic mass is 16.6. The number of carbonyl (C=O) groups is 6. The fraction of sp³-hybridized carbons (Fsp3) is 0.500. The molecule has 12 nitrogen and oxygen atoms in total. The molecule has 1 aromatic rings. The van der Waals surface area contributed by atoms with Crippen LogP contribution in [0.15, 0.2) is 24.3 Å². The molecule has 0 unspecified atom stereocenters. The number of nitrogens with zero attached hydrogens (tertiary/aromatic N) is 2. The number of rotatable bonds is 9. The zero-order valence-corrected chi connectivity index (χ0v) is 20.7. The molecule has 0 bridgehead atoms. The third kappa shape index (κ3) is 8.07. The number of hydrogen-bond donors (Lipinski definition) is 2. The molecule has 12 heteroatoms. The van der Waals surface area contributed by atoms with Crippen molar-refractivity contribution in [2.24, 2.45) is 0 Å². The molecule has 1 heterocycles. The first-order valence-corrected chi connectivity index (χ1v) is 11.3. The van der Waals surface area contributed by atoms with E-state index in [1.807, 2.05) is 0 Å². The summed E-state index contributed by atoms with van der Waals surface area (Å²) in [6.07, 6.45) is -0.660. The zero-order chi connectivity index (χ0) is 27.0. The molecule has 36 heavy (non-hydrogen) atoms. The van der Waals surface area contributed by atoms with Crippen LogP contribution < -0.4 is 5.32 Å². The minimum absolute atomic E-state index is 0.00564. The average Bonchev–Trinajstić information content (AvgIpc) is 2.79. The zero-order valence-electron chi connectivity index (χ0n) is 20.7. The van der Waals surface area contributed by atoms with Gasteiger partial charge in [0.25, 0.3) is 0 Å². The maximum absolute atomic E-state index is 13.6. The molecule has 1 saturated heterocycles. The number of hydrogen-bond acceptors (Lipinski definition) is 8. The molecule has 0 radical (unpaired) electrons. The number of aldehydes is 1. The van der Waals surface area contributed by atoms with Crippen molar-refractivity contribution in [3.05, 3.63) is 35.4 Å². The number of carbonyl (C=O) groups excluding carboxylic acids is 5. The van der Waals surface area contributed by atoms with E-state index in [-0.39, 0.29) is 19.5 Å². The summed E-state index contributed by atoms with van der Waals surface area (Å²) >= 11 is 0. The van der Waals surface area contributed by atoms with Crippen LogP contribution in [0.5, 0.6) is 0 Å². The second-order valence-corrected chi connectivity index (χ2v) is 9.24. The highest BCUT2D eigenvalue weighted by Gasteiger charge is 2.42. The van der Waals surface area contributed by atoms with Gasteiger partial charge in [0.2, 0.25) is 11.8 Å². The number of amides is 3. The number of carboxylic acid groups (broad SMARTS) is 1. The second-order valence-electron chi connectivity index (χ2n) is 9.24. The molecule has 196 valence electrons. The molecular formula is C24H31N3O9. The largest absolute Gasteiger partial charge is 0.480 e. The van der Waals surface area contributed by atoms with Crippen LogP contribution in [0.2, 0.25) is 0 Å². The van der Waals surface area contributed by atoms with Crippen LogP contribution in [-0.4, -0.2) is 95.5 Å². The van der Waals surface area contributed by atoms with E-state index in [1.165, 1.54) is 0 Å². The maximum atomic E-state index is 13.6. The minimum atomic E-state index is -1.31. The van der Waals surface area contributed by atoms with Crippen LogP contribution in [0.3, 0.4) is 0 Å². The van der Waals surface area contributed by atoms with Gasteiger partial charge in [0.05, 0.1) is 13.5 Å². The van der Waals surface area contributed by atoms with Gasteiger partial charge in [-0.3, -0.25) is 24.0 Å². The molecule has 1 aromatic carbocycles. The molecule has 1 fully saturated rings. The van der Waals surface area contributed by atoms with Crippen LogP contribution in [0.1, 0.15) is 43.1 Å². The van der Waals surface area contributed by atoms with E-state index >= 15 is 0 Å². The summed E-state index contributed by atoms with van der Waals surface area (Å²) in [5.41, 5.74) is 0.213. The molecule has 0 aromatic heterocycles. The number of ether oxygens (including phenoxy) is 2. The highest BCUT2D eigenvalue weighted by molar-refractivity contribution is 5.95. The summed E-state index contributed by atoms with van der Waals surface area (Å²) in [6, 6.07) is 3.89. The number of esters is 1. The lowest BCUT2D eigenvalue weighted by molar-refractivity contribution is -0.159. The van der Waals surface area contributed by atoms with Gasteiger partial charge in [0.1, 0.15) is 30.5 Å². The van der Waals surface area contributed by atoms with Crippen molar-refractivity contribution in [1.29, 1.82) is 0 Å². The Kier molecular flexibility index (Phi) is 9.53. The van der Waals surface area contributed by atoms with Crippen molar-refractivity contribution in [2.75, 3.05) is 26.7 Å². The third-order valence-corrected chi connectivity index (χ3v) is 5.33. The normalized spacial score (nSPS) is 16.7. The predicted octanol–water partition coefficient (Wildman–Crippen LogP) is 0.622. The molecule has 0 aliphatic carbocycles. The Labute approximate surface area is 208 Å². The highest BCUT2D eigenvalue weighted by Crippen LogP contribution is 2.19. The van der Waals surface area contributed by atoms with Crippen molar-refractivity contribution in [3.8, 4) is 0 Å². The van der Waals surface area contributed by atoms with Gasteiger partial charge < -0.3 is 29.7 Å². The Balaban J connectivity index is 2.36. The Morgan fingerprint density at radius 1 is 1.17 bits per heavy atom. The van der Waals surface area contributed by atoms with Gasteiger partial charge in [-0.2, -0.15) is 0 Å². The van der Waals surface area contributed by atoms with Crippen LogP contribution in [-0.2, 0) is 35.1 Å². The molecule has 0 saturated carbocycles. The molecule has 2 N–H and O–H groups in total. The summed E-state index contributed by atoms with van der Waals surface area (Å²) < 4.78 is 9.95. The van der Waals surface area contributed by atoms with E-state index < -0.39 is 60.5 Å². The Hall–Kier alpha value is -3.96. The third-order valence-electron chi connectivity index (χ3n) is 5.33. The van der Waals surface area contributed by atoms with Gasteiger partial charge in [-0.15, -0.1) is 0 Å². The van der Waals surface area contributed by atoms with Gasteiger partial charge in [-0.25, -0.2) is 4.79 Å². The van der Waals surface area contributed by atoms with Crippen molar-refractivity contribution < 1.29 is 43.3 Å². The SMILES string of the molecule is COC(=O)C[C@H]1C(=O)N(CC(=O)O)CCN1C(=O)[C@H](Cc1ccc(C=O)cc1)NC(=O)OC(C)(C)C. The van der Waals surface area contributed by atoms with Crippen LogP contribution in [0, 0.1) is 0 Å². The summed E-state index contributed by atoms with van der Waals surface area (Å²) in [7, 11) is 1.13. The number of benzene rings is 1. The van der Waals surface area contributed by atoms with Crippen molar-refractivity contribution >= 4 is 36.1 Å². The first-order valence-electron chi connectivity index (χ1n) is 11.3. The molecule has 1 aliphatic rings. The second kappa shape index (κ2) is 12.1. The van der Waals surface area contributed by atoms with E-state index in [0.29, 0.717) is 17.4 Å². The lowest BCUT2D eigenvalue weighted by Crippen LogP contribution is -2.63. The topological polar surface area (TPSA) is 160 Å². The smallest absolute Gasteiger partial charge is 0.408 e. The van der Waals surface area contributed by atoms with E-state index in [4.69, 9.17) is 9.84 Å². The van der Waals surface area contributed by atoms with Crippen molar-refractivity contribution in [1.82, 2.24) is 15.1 Å². The molecule has 3 amide bonds. The number of alkyl carbamates (subject to hydrolysis) is 1. The minimum Gasteiger partial charge on any atom is -0.480 e. The molecular weight excluding hydrogens is 474 g/mol. The lowest BCUT2D eigenvalue weighted by atomic mass is 10.0. The van der Waals surface area contributed by atoms with E-state index in [0.717, 1.165) is 16.9 Å². The van der Waals surface area contributed by atoms with Crippen LogP contribution >= 0.6 is 0 Å². The fourth-order valence-electron chi connectivity index (χ4n) is 3.68. The van der Waals surface area contributed by atoms with E-state index in [9.17, 15) is 28.8 Å². The number of carboxylic acids is 1. The van der Waals surface area contributed by atoms with Gasteiger partial charge in [0, 0.05) is 25.1 Å². The summed E-state index contributed by atoms with van der Waals surface area (Å²) in [4.78, 5) is 75.5. The first-order chi connectivity index (χ1) is 16.8. The Morgan fingerprint density at radius 2 is 1.81 bits per heavy atom. The number of methoxy groups -OCH3 is 1. The Bertz CT molecular complexity index is 1000. The molecule has 1 aliphatic heterocycles. The Morgan fingerprint density at radius 3 is 2.33 bits per heavy atom. The lowest BCUT2D eigenvalue weighted by Gasteiger charge is -2.41. The van der Waals surface area contributed by atoms with E-state index in [1.54, 1.807) is 45.0 Å². The molecule has 0 spiro atoms. The monoisotopic (exact) mass is 505 g/mol. The van der Waals surface area contributed by atoms with Gasteiger partial charge in [0.15, 0.2) is 0 Å². The fourth-order valence-corrected chi connectivity index (χ4v) is 3.68. The van der Waals surface area contributed by atoms with Gasteiger partial charge in [-0.05, 0) is 26.3 Å². The van der Waals surface area contributed by atoms with Gasteiger partial charge >= 0.3 is 18.0 Å². The first kappa shape index (κ1) is 28.3. The van der Waals surface area contributed by atoms with Gasteiger partial charge in [-0.1, -0.05) is 24.3 Å². The van der Waals surface area contributed by atoms with E-state index in [2.05, 4.69) is 10.1 Å². The average molecular weight is 506 g/mol. The summed E-state index contributed by atoms with van der Waals surface area (Å²) in [6.45, 7) is 4.27. The summed E-state index contributed by atoms with van der Waals surface area (Å²) in [5, 5.41) is 11.6. The van der Waals surface area contributed by atoms with Crippen molar-refractivity contribution in [3.63, 3.8) is 0 Å². The summed E-state index contributed by atoms with van der Waals surface area (Å²) in [5.74, 6) is -3.36.